The summed E-state index contributed by atoms with van der Waals surface area (Å²) in [6.45, 7) is 2.93. The third-order valence-electron chi connectivity index (χ3n) is 9.06. The van der Waals surface area contributed by atoms with Crippen molar-refractivity contribution >= 4 is 23.6 Å². The first-order valence-corrected chi connectivity index (χ1v) is 17.1. The van der Waals surface area contributed by atoms with Crippen molar-refractivity contribution in [2.24, 2.45) is 5.92 Å². The number of aryl methyl sites for hydroxylation is 1. The SMILES string of the molecule is O=C(CCc1ccc(CN2CC(C(=O)N3CCc4nc(SC5CCCCC5)n(-c5ccccc5)c(=O)c4C3)C2)cc1)OCCO. The van der Waals surface area contributed by atoms with Crippen LogP contribution in [0.2, 0.25) is 0 Å². The minimum Gasteiger partial charge on any atom is -0.463 e. The highest BCUT2D eigenvalue weighted by Crippen LogP contribution is 2.34. The van der Waals surface area contributed by atoms with Gasteiger partial charge in [0.15, 0.2) is 5.16 Å². The van der Waals surface area contributed by atoms with E-state index in [1.165, 1.54) is 19.3 Å². The molecule has 2 aliphatic heterocycles. The summed E-state index contributed by atoms with van der Waals surface area (Å²) in [7, 11) is 0. The smallest absolute Gasteiger partial charge is 0.306 e. The molecule has 0 radical (unpaired) electrons. The monoisotopic (exact) mass is 630 g/mol. The minimum atomic E-state index is -0.307. The molecule has 3 aromatic rings. The molecule has 10 heteroatoms. The van der Waals surface area contributed by atoms with Crippen LogP contribution in [0.5, 0.6) is 0 Å². The van der Waals surface area contributed by atoms with Crippen LogP contribution < -0.4 is 5.56 Å². The van der Waals surface area contributed by atoms with Crippen LogP contribution in [-0.2, 0) is 40.3 Å². The van der Waals surface area contributed by atoms with E-state index in [-0.39, 0.29) is 43.0 Å². The zero-order chi connectivity index (χ0) is 31.2. The summed E-state index contributed by atoms with van der Waals surface area (Å²) in [6.07, 6.45) is 7.53. The highest BCUT2D eigenvalue weighted by atomic mass is 32.2. The van der Waals surface area contributed by atoms with Gasteiger partial charge in [-0.25, -0.2) is 4.98 Å². The van der Waals surface area contributed by atoms with E-state index in [0.717, 1.165) is 47.1 Å². The Labute approximate surface area is 268 Å². The molecule has 3 aliphatic rings. The number of carbonyl (C=O) groups is 2. The van der Waals surface area contributed by atoms with E-state index in [4.69, 9.17) is 14.8 Å². The zero-order valence-corrected chi connectivity index (χ0v) is 26.6. The number of hydrogen-bond acceptors (Lipinski definition) is 8. The molecule has 6 rings (SSSR count). The number of carbonyl (C=O) groups excluding carboxylic acids is 2. The lowest BCUT2D eigenvalue weighted by molar-refractivity contribution is -0.144. The highest BCUT2D eigenvalue weighted by Gasteiger charge is 2.37. The maximum absolute atomic E-state index is 14.0. The fourth-order valence-electron chi connectivity index (χ4n) is 6.52. The summed E-state index contributed by atoms with van der Waals surface area (Å²) >= 11 is 1.74. The van der Waals surface area contributed by atoms with Crippen LogP contribution in [0.4, 0.5) is 0 Å². The molecule has 1 saturated heterocycles. The predicted octanol–water partition coefficient (Wildman–Crippen LogP) is 4.14. The molecule has 1 saturated carbocycles. The Morgan fingerprint density at radius 2 is 1.71 bits per heavy atom. The van der Waals surface area contributed by atoms with E-state index < -0.39 is 0 Å². The average molecular weight is 631 g/mol. The number of esters is 1. The third-order valence-corrected chi connectivity index (χ3v) is 10.3. The molecule has 1 N–H and O–H groups in total. The molecular formula is C35H42N4O5S. The van der Waals surface area contributed by atoms with Gasteiger partial charge in [-0.1, -0.05) is 73.5 Å². The van der Waals surface area contributed by atoms with Crippen molar-refractivity contribution in [3.63, 3.8) is 0 Å². The number of fused-ring (bicyclic) bond motifs is 1. The van der Waals surface area contributed by atoms with Crippen LogP contribution in [0.3, 0.4) is 0 Å². The molecule has 1 amide bonds. The summed E-state index contributed by atoms with van der Waals surface area (Å²) in [5.41, 5.74) is 4.47. The summed E-state index contributed by atoms with van der Waals surface area (Å²) in [5, 5.41) is 10.0. The van der Waals surface area contributed by atoms with Gasteiger partial charge >= 0.3 is 5.97 Å². The number of nitrogens with zero attached hydrogens (tertiary/aromatic N) is 4. The van der Waals surface area contributed by atoms with Gasteiger partial charge in [0.05, 0.1) is 36.0 Å². The number of aliphatic hydroxyl groups is 1. The van der Waals surface area contributed by atoms with E-state index >= 15 is 0 Å². The maximum Gasteiger partial charge on any atom is 0.306 e. The minimum absolute atomic E-state index is 0.0354. The summed E-state index contributed by atoms with van der Waals surface area (Å²) in [6, 6.07) is 17.9. The topological polar surface area (TPSA) is 105 Å². The fraction of sp³-hybridized carbons (Fsp3) is 0.486. The zero-order valence-electron chi connectivity index (χ0n) is 25.7. The van der Waals surface area contributed by atoms with E-state index in [9.17, 15) is 14.4 Å². The van der Waals surface area contributed by atoms with E-state index in [1.54, 1.807) is 16.3 Å². The number of ether oxygens (including phenoxy) is 1. The Balaban J connectivity index is 1.06. The van der Waals surface area contributed by atoms with Gasteiger partial charge in [0.1, 0.15) is 6.61 Å². The van der Waals surface area contributed by atoms with Gasteiger partial charge in [-0.15, -0.1) is 0 Å². The second-order valence-electron chi connectivity index (χ2n) is 12.3. The Morgan fingerprint density at radius 1 is 0.978 bits per heavy atom. The third kappa shape index (κ3) is 7.68. The maximum atomic E-state index is 14.0. The molecule has 2 aromatic carbocycles. The number of aromatic nitrogens is 2. The van der Waals surface area contributed by atoms with E-state index in [2.05, 4.69) is 17.0 Å². The van der Waals surface area contributed by atoms with E-state index in [0.29, 0.717) is 49.8 Å². The van der Waals surface area contributed by atoms with Crippen LogP contribution in [-0.4, -0.2) is 74.4 Å². The fourth-order valence-corrected chi connectivity index (χ4v) is 7.84. The molecule has 1 aromatic heterocycles. The van der Waals surface area contributed by atoms with Crippen molar-refractivity contribution in [1.29, 1.82) is 0 Å². The molecule has 0 unspecified atom stereocenters. The van der Waals surface area contributed by atoms with Crippen LogP contribution in [0.25, 0.3) is 5.69 Å². The van der Waals surface area contributed by atoms with Crippen molar-refractivity contribution in [1.82, 2.24) is 19.4 Å². The summed E-state index contributed by atoms with van der Waals surface area (Å²) in [4.78, 5) is 48.4. The Hall–Kier alpha value is -3.47. The number of benzene rings is 2. The van der Waals surface area contributed by atoms with Crippen LogP contribution in [0.1, 0.15) is 60.9 Å². The number of likely N-dealkylation sites (tertiary alicyclic amines) is 1. The first kappa shape index (κ1) is 31.5. The second kappa shape index (κ2) is 14.7. The number of aliphatic hydroxyl groups excluding tert-OH is 1. The first-order valence-electron chi connectivity index (χ1n) is 16.2. The number of rotatable bonds is 11. The molecule has 238 valence electrons. The van der Waals surface area contributed by atoms with Crippen molar-refractivity contribution in [3.8, 4) is 5.69 Å². The number of para-hydroxylation sites is 1. The molecule has 9 nitrogen and oxygen atoms in total. The van der Waals surface area contributed by atoms with Crippen molar-refractivity contribution in [2.75, 3.05) is 32.8 Å². The lowest BCUT2D eigenvalue weighted by Gasteiger charge is -2.41. The lowest BCUT2D eigenvalue weighted by Crippen LogP contribution is -2.55. The van der Waals surface area contributed by atoms with Crippen molar-refractivity contribution in [2.45, 2.75) is 74.9 Å². The second-order valence-corrected chi connectivity index (χ2v) is 13.6. The summed E-state index contributed by atoms with van der Waals surface area (Å²) in [5.74, 6) is -0.258. The predicted molar refractivity (Wildman–Crippen MR) is 173 cm³/mol. The first-order chi connectivity index (χ1) is 22.0. The lowest BCUT2D eigenvalue weighted by atomic mass is 9.95. The quantitative estimate of drug-likeness (QED) is 0.249. The van der Waals surface area contributed by atoms with E-state index in [1.807, 2.05) is 47.4 Å². The molecule has 1 aliphatic carbocycles. The Kier molecular flexibility index (Phi) is 10.3. The van der Waals surface area contributed by atoms with Crippen LogP contribution in [0.15, 0.2) is 64.5 Å². The number of hydrogen-bond donors (Lipinski definition) is 1. The molecule has 2 fully saturated rings. The van der Waals surface area contributed by atoms with Crippen molar-refractivity contribution < 1.29 is 19.4 Å². The Morgan fingerprint density at radius 3 is 2.44 bits per heavy atom. The average Bonchev–Trinajstić information content (AvgIpc) is 3.05. The van der Waals surface area contributed by atoms with Gasteiger partial charge in [-0.05, 0) is 42.5 Å². The molecular weight excluding hydrogens is 588 g/mol. The summed E-state index contributed by atoms with van der Waals surface area (Å²) < 4.78 is 6.68. The molecule has 0 spiro atoms. The standard InChI is InChI=1S/C35H42N4O5S/c40-19-20-44-32(41)16-15-25-11-13-26(14-12-25)21-37-22-27(23-37)33(42)38-18-17-31-30(24-38)34(43)39(28-7-3-1-4-8-28)35(36-31)45-29-9-5-2-6-10-29/h1,3-4,7-8,11-14,27,29,40H,2,5-6,9-10,15-24H2. The van der Waals surface area contributed by atoms with Crippen LogP contribution in [0, 0.1) is 5.92 Å². The Bertz CT molecular complexity index is 1530. The normalized spacial score (nSPS) is 17.5. The van der Waals surface area contributed by atoms with Gasteiger partial charge in [-0.3, -0.25) is 23.9 Å². The molecule has 0 atom stereocenters. The van der Waals surface area contributed by atoms with Gasteiger partial charge in [0.25, 0.3) is 5.56 Å². The van der Waals surface area contributed by atoms with Gasteiger partial charge in [0, 0.05) is 44.3 Å². The number of amides is 1. The highest BCUT2D eigenvalue weighted by molar-refractivity contribution is 7.99. The van der Waals surface area contributed by atoms with Gasteiger partial charge < -0.3 is 14.7 Å². The van der Waals surface area contributed by atoms with Crippen molar-refractivity contribution in [3.05, 3.63) is 87.3 Å². The van der Waals surface area contributed by atoms with Crippen LogP contribution >= 0.6 is 11.8 Å². The largest absolute Gasteiger partial charge is 0.463 e. The molecule has 45 heavy (non-hydrogen) atoms. The molecule has 3 heterocycles. The van der Waals surface area contributed by atoms with Gasteiger partial charge in [0.2, 0.25) is 5.91 Å². The number of thioether (sulfide) groups is 1. The molecule has 0 bridgehead atoms. The van der Waals surface area contributed by atoms with Gasteiger partial charge in [-0.2, -0.15) is 0 Å².